The molecule has 2 aromatic carbocycles. The lowest BCUT2D eigenvalue weighted by Crippen LogP contribution is -2.35. The molecule has 2 aromatic heterocycles. The van der Waals surface area contributed by atoms with Crippen molar-refractivity contribution >= 4 is 22.5 Å². The molecule has 4 aromatic rings. The maximum absolute atomic E-state index is 13.5. The van der Waals surface area contributed by atoms with Crippen molar-refractivity contribution < 1.29 is 14.3 Å². The molecule has 0 bridgehead atoms. The van der Waals surface area contributed by atoms with E-state index in [1.165, 1.54) is 6.07 Å². The van der Waals surface area contributed by atoms with Crippen molar-refractivity contribution in [3.63, 3.8) is 0 Å². The Morgan fingerprint density at radius 3 is 2.67 bits per heavy atom. The summed E-state index contributed by atoms with van der Waals surface area (Å²) in [5.41, 5.74) is 2.79. The number of ether oxygens (including phenoxy) is 2. The highest BCUT2D eigenvalue weighted by molar-refractivity contribution is 5.94. The summed E-state index contributed by atoms with van der Waals surface area (Å²) < 4.78 is 15.1. The van der Waals surface area contributed by atoms with Crippen LogP contribution in [0, 0.1) is 6.92 Å². The van der Waals surface area contributed by atoms with Gasteiger partial charge in [0.2, 0.25) is 5.91 Å². The first-order valence-electron chi connectivity index (χ1n) is 11.2. The highest BCUT2D eigenvalue weighted by Gasteiger charge is 2.26. The van der Waals surface area contributed by atoms with Gasteiger partial charge in [-0.1, -0.05) is 25.1 Å². The Labute approximate surface area is 190 Å². The third kappa shape index (κ3) is 3.61. The van der Waals surface area contributed by atoms with Crippen LogP contribution in [0.15, 0.2) is 53.3 Å². The topological polar surface area (TPSA) is 86.9 Å². The average Bonchev–Trinajstić information content (AvgIpc) is 3.14. The van der Waals surface area contributed by atoms with Crippen LogP contribution in [0.4, 0.5) is 0 Å². The predicted octanol–water partition coefficient (Wildman–Crippen LogP) is 3.56. The number of carbonyl (C=O) groups is 1. The van der Waals surface area contributed by atoms with E-state index in [0.29, 0.717) is 31.0 Å². The summed E-state index contributed by atoms with van der Waals surface area (Å²) in [6.45, 7) is 6.83. The van der Waals surface area contributed by atoms with Gasteiger partial charge in [0.1, 0.15) is 19.3 Å². The van der Waals surface area contributed by atoms with Gasteiger partial charge in [0.25, 0.3) is 5.56 Å². The van der Waals surface area contributed by atoms with Gasteiger partial charge in [0.05, 0.1) is 11.6 Å². The summed E-state index contributed by atoms with van der Waals surface area (Å²) in [5.74, 6) is 1.30. The van der Waals surface area contributed by atoms with E-state index < -0.39 is 6.04 Å². The second kappa shape index (κ2) is 8.27. The molecule has 0 aliphatic carbocycles. The fourth-order valence-corrected chi connectivity index (χ4v) is 4.51. The van der Waals surface area contributed by atoms with Crippen LogP contribution in [0.3, 0.4) is 0 Å². The molecule has 1 aliphatic heterocycles. The van der Waals surface area contributed by atoms with Gasteiger partial charge in [0.15, 0.2) is 17.1 Å². The first-order chi connectivity index (χ1) is 16.0. The number of rotatable bonds is 5. The number of hydrogen-bond donors (Lipinski definition) is 1. The summed E-state index contributed by atoms with van der Waals surface area (Å²) >= 11 is 0. The van der Waals surface area contributed by atoms with Crippen LogP contribution in [0.2, 0.25) is 0 Å². The van der Waals surface area contributed by atoms with Crippen LogP contribution in [0.5, 0.6) is 11.5 Å². The van der Waals surface area contributed by atoms with Gasteiger partial charge in [-0.3, -0.25) is 14.3 Å². The Hall–Kier alpha value is -3.81. The SMILES string of the molecule is CCC(C(=O)NC(C)c1ccc2c(c1)OCCO2)n1c2ccccc2c2nc(=O)cc(C)n21. The Bertz CT molecular complexity index is 1420. The lowest BCUT2D eigenvalue weighted by molar-refractivity contribution is -0.125. The van der Waals surface area contributed by atoms with E-state index in [-0.39, 0.29) is 17.5 Å². The predicted molar refractivity (Wildman–Crippen MR) is 125 cm³/mol. The molecule has 0 saturated heterocycles. The first kappa shape index (κ1) is 21.1. The molecule has 1 aliphatic rings. The van der Waals surface area contributed by atoms with Crippen molar-refractivity contribution in [2.24, 2.45) is 0 Å². The number of para-hydroxylation sites is 1. The van der Waals surface area contributed by atoms with Crippen molar-refractivity contribution in [1.82, 2.24) is 19.5 Å². The minimum absolute atomic E-state index is 0.111. The maximum atomic E-state index is 13.5. The summed E-state index contributed by atoms with van der Waals surface area (Å²) in [4.78, 5) is 29.9. The fraction of sp³-hybridized carbons (Fsp3) is 0.320. The number of aromatic nitrogens is 3. The Balaban J connectivity index is 1.52. The zero-order chi connectivity index (χ0) is 23.1. The molecule has 8 nitrogen and oxygen atoms in total. The van der Waals surface area contributed by atoms with Gasteiger partial charge in [-0.15, -0.1) is 0 Å². The zero-order valence-electron chi connectivity index (χ0n) is 18.9. The molecule has 0 radical (unpaired) electrons. The highest BCUT2D eigenvalue weighted by Crippen LogP contribution is 2.33. The molecule has 2 unspecified atom stereocenters. The van der Waals surface area contributed by atoms with E-state index in [9.17, 15) is 9.59 Å². The third-order valence-electron chi connectivity index (χ3n) is 6.10. The second-order valence-electron chi connectivity index (χ2n) is 8.29. The van der Waals surface area contributed by atoms with E-state index in [4.69, 9.17) is 9.47 Å². The lowest BCUT2D eigenvalue weighted by atomic mass is 10.1. The monoisotopic (exact) mass is 446 g/mol. The molecule has 33 heavy (non-hydrogen) atoms. The zero-order valence-corrected chi connectivity index (χ0v) is 18.9. The fourth-order valence-electron chi connectivity index (χ4n) is 4.51. The summed E-state index contributed by atoms with van der Waals surface area (Å²) in [6, 6.07) is 14.2. The van der Waals surface area contributed by atoms with E-state index in [0.717, 1.165) is 27.9 Å². The van der Waals surface area contributed by atoms with Gasteiger partial charge in [0, 0.05) is 17.1 Å². The van der Waals surface area contributed by atoms with Crippen LogP contribution in [0.25, 0.3) is 16.6 Å². The molecule has 1 N–H and O–H groups in total. The van der Waals surface area contributed by atoms with Crippen molar-refractivity contribution in [2.45, 2.75) is 39.3 Å². The summed E-state index contributed by atoms with van der Waals surface area (Å²) in [7, 11) is 0. The molecule has 3 heterocycles. The van der Waals surface area contributed by atoms with E-state index >= 15 is 0 Å². The Morgan fingerprint density at radius 1 is 1.12 bits per heavy atom. The van der Waals surface area contributed by atoms with Gasteiger partial charge < -0.3 is 14.8 Å². The van der Waals surface area contributed by atoms with E-state index in [2.05, 4.69) is 10.3 Å². The molecule has 2 atom stereocenters. The largest absolute Gasteiger partial charge is 0.486 e. The number of carbonyl (C=O) groups excluding carboxylic acids is 1. The van der Waals surface area contributed by atoms with Gasteiger partial charge >= 0.3 is 0 Å². The normalized spacial score (nSPS) is 14.9. The van der Waals surface area contributed by atoms with Crippen molar-refractivity contribution in [2.75, 3.05) is 13.2 Å². The van der Waals surface area contributed by atoms with Crippen molar-refractivity contribution in [1.29, 1.82) is 0 Å². The van der Waals surface area contributed by atoms with E-state index in [1.807, 2.05) is 72.4 Å². The van der Waals surface area contributed by atoms with Crippen LogP contribution >= 0.6 is 0 Å². The highest BCUT2D eigenvalue weighted by atomic mass is 16.6. The summed E-state index contributed by atoms with van der Waals surface area (Å²) in [5, 5.41) is 3.99. The number of hydrogen-bond acceptors (Lipinski definition) is 5. The Morgan fingerprint density at radius 2 is 1.88 bits per heavy atom. The maximum Gasteiger partial charge on any atom is 0.273 e. The quantitative estimate of drug-likeness (QED) is 0.507. The molecule has 8 heteroatoms. The number of fused-ring (bicyclic) bond motifs is 4. The molecule has 170 valence electrons. The van der Waals surface area contributed by atoms with Gasteiger partial charge in [-0.05, 0) is 50.1 Å². The molecule has 0 spiro atoms. The van der Waals surface area contributed by atoms with Crippen molar-refractivity contribution in [3.05, 3.63) is 70.1 Å². The molecule has 1 amide bonds. The molecule has 0 fully saturated rings. The van der Waals surface area contributed by atoms with Crippen molar-refractivity contribution in [3.8, 4) is 11.5 Å². The lowest BCUT2D eigenvalue weighted by Gasteiger charge is -2.24. The van der Waals surface area contributed by atoms with Gasteiger partial charge in [-0.25, -0.2) is 4.52 Å². The third-order valence-corrected chi connectivity index (χ3v) is 6.10. The number of amides is 1. The number of aryl methyl sites for hydroxylation is 1. The molecular formula is C25H26N4O4. The summed E-state index contributed by atoms with van der Waals surface area (Å²) in [6.07, 6.45) is 0.568. The standard InChI is InChI=1S/C25H26N4O4/c1-4-19(25(31)26-16(3)17-9-10-21-22(14-17)33-12-11-32-21)29-20-8-6-5-7-18(20)24-27-23(30)13-15(2)28(24)29/h5-10,13-14,16,19H,4,11-12H2,1-3H3,(H,26,31). The number of nitrogens with zero attached hydrogens (tertiary/aromatic N) is 3. The minimum atomic E-state index is -0.491. The molecule has 0 saturated carbocycles. The van der Waals surface area contributed by atoms with Crippen LogP contribution in [-0.4, -0.2) is 33.3 Å². The van der Waals surface area contributed by atoms with E-state index in [1.54, 1.807) is 0 Å². The minimum Gasteiger partial charge on any atom is -0.486 e. The second-order valence-corrected chi connectivity index (χ2v) is 8.29. The Kier molecular flexibility index (Phi) is 5.28. The van der Waals surface area contributed by atoms with Crippen LogP contribution in [-0.2, 0) is 4.79 Å². The van der Waals surface area contributed by atoms with Crippen LogP contribution < -0.4 is 20.3 Å². The van der Waals surface area contributed by atoms with Gasteiger partial charge in [-0.2, -0.15) is 4.98 Å². The molecule has 5 rings (SSSR count). The first-order valence-corrected chi connectivity index (χ1v) is 11.2. The average molecular weight is 447 g/mol. The number of nitrogens with one attached hydrogen (secondary N) is 1. The number of benzene rings is 2. The molecular weight excluding hydrogens is 420 g/mol. The smallest absolute Gasteiger partial charge is 0.273 e. The van der Waals surface area contributed by atoms with Crippen LogP contribution in [0.1, 0.15) is 43.6 Å².